The van der Waals surface area contributed by atoms with Crippen molar-refractivity contribution in [1.82, 2.24) is 5.32 Å². The van der Waals surface area contributed by atoms with Gasteiger partial charge in [0, 0.05) is 11.6 Å². The van der Waals surface area contributed by atoms with Gasteiger partial charge in [-0.2, -0.15) is 0 Å². The van der Waals surface area contributed by atoms with Gasteiger partial charge in [-0.1, -0.05) is 18.2 Å². The molecule has 2 heteroatoms. The second-order valence-corrected chi connectivity index (χ2v) is 4.00. The summed E-state index contributed by atoms with van der Waals surface area (Å²) >= 11 is 0. The summed E-state index contributed by atoms with van der Waals surface area (Å²) in [5.74, 6) is 0.957. The Kier molecular flexibility index (Phi) is 5.06. The molecule has 0 heterocycles. The molecule has 0 bridgehead atoms. The number of aryl methyl sites for hydroxylation is 1. The van der Waals surface area contributed by atoms with Crippen molar-refractivity contribution >= 4 is 0 Å². The molecule has 0 aliphatic heterocycles. The highest BCUT2D eigenvalue weighted by molar-refractivity contribution is 5.38. The van der Waals surface area contributed by atoms with E-state index in [9.17, 15) is 0 Å². The van der Waals surface area contributed by atoms with Gasteiger partial charge in [-0.05, 0) is 38.4 Å². The molecular formula is C14H21NO. The van der Waals surface area contributed by atoms with Gasteiger partial charge in [0.2, 0.25) is 0 Å². The third kappa shape index (κ3) is 3.38. The van der Waals surface area contributed by atoms with Crippen molar-refractivity contribution < 1.29 is 4.74 Å². The number of hydrogen-bond donors (Lipinski definition) is 1. The van der Waals surface area contributed by atoms with Crippen molar-refractivity contribution in [2.75, 3.05) is 13.7 Å². The van der Waals surface area contributed by atoms with Crippen LogP contribution in [0.5, 0.6) is 5.75 Å². The van der Waals surface area contributed by atoms with Gasteiger partial charge in [0.05, 0.1) is 7.11 Å². The molecule has 0 fully saturated rings. The van der Waals surface area contributed by atoms with Gasteiger partial charge in [0.1, 0.15) is 5.75 Å². The Morgan fingerprint density at radius 1 is 1.50 bits per heavy atom. The number of nitrogens with one attached hydrogen (secondary N) is 1. The molecule has 16 heavy (non-hydrogen) atoms. The standard InChI is InChI=1S/C14H21NO/c1-5-6-9-15-12(3)13-8-7-11(2)10-14(13)16-4/h5,7-8,10,12,15H,1,6,9H2,2-4H3. The molecule has 0 aliphatic rings. The predicted molar refractivity (Wildman–Crippen MR) is 69.0 cm³/mol. The van der Waals surface area contributed by atoms with Crippen LogP contribution < -0.4 is 10.1 Å². The zero-order valence-corrected chi connectivity index (χ0v) is 10.4. The third-order valence-electron chi connectivity index (χ3n) is 2.65. The maximum atomic E-state index is 5.39. The van der Waals surface area contributed by atoms with Gasteiger partial charge >= 0.3 is 0 Å². The van der Waals surface area contributed by atoms with Gasteiger partial charge in [0.15, 0.2) is 0 Å². The maximum absolute atomic E-state index is 5.39. The van der Waals surface area contributed by atoms with E-state index in [1.54, 1.807) is 7.11 Å². The van der Waals surface area contributed by atoms with Crippen LogP contribution in [0.3, 0.4) is 0 Å². The average Bonchev–Trinajstić information content (AvgIpc) is 2.29. The van der Waals surface area contributed by atoms with Gasteiger partial charge in [-0.15, -0.1) is 6.58 Å². The first kappa shape index (κ1) is 12.8. The van der Waals surface area contributed by atoms with Crippen molar-refractivity contribution in [2.24, 2.45) is 0 Å². The number of rotatable bonds is 6. The fourth-order valence-corrected chi connectivity index (χ4v) is 1.69. The number of benzene rings is 1. The number of methoxy groups -OCH3 is 1. The normalized spacial score (nSPS) is 12.2. The lowest BCUT2D eigenvalue weighted by atomic mass is 10.0. The highest BCUT2D eigenvalue weighted by atomic mass is 16.5. The Balaban J connectivity index is 2.73. The fraction of sp³-hybridized carbons (Fsp3) is 0.429. The summed E-state index contributed by atoms with van der Waals surface area (Å²) in [6.07, 6.45) is 2.91. The zero-order valence-electron chi connectivity index (χ0n) is 10.4. The fourth-order valence-electron chi connectivity index (χ4n) is 1.69. The summed E-state index contributed by atoms with van der Waals surface area (Å²) < 4.78 is 5.39. The summed E-state index contributed by atoms with van der Waals surface area (Å²) in [5, 5.41) is 3.44. The lowest BCUT2D eigenvalue weighted by Gasteiger charge is -2.17. The SMILES string of the molecule is C=CCCNC(C)c1ccc(C)cc1OC. The molecule has 1 atom stereocenters. The Hall–Kier alpha value is -1.28. The van der Waals surface area contributed by atoms with Crippen LogP contribution in [0.4, 0.5) is 0 Å². The summed E-state index contributed by atoms with van der Waals surface area (Å²) in [5.41, 5.74) is 2.43. The van der Waals surface area contributed by atoms with Crippen LogP contribution in [0.2, 0.25) is 0 Å². The molecule has 88 valence electrons. The van der Waals surface area contributed by atoms with Crippen molar-refractivity contribution in [3.05, 3.63) is 42.0 Å². The van der Waals surface area contributed by atoms with E-state index >= 15 is 0 Å². The first-order valence-corrected chi connectivity index (χ1v) is 5.68. The Labute approximate surface area is 98.3 Å². The molecule has 0 radical (unpaired) electrons. The maximum Gasteiger partial charge on any atom is 0.123 e. The van der Waals surface area contributed by atoms with Gasteiger partial charge in [-0.3, -0.25) is 0 Å². The van der Waals surface area contributed by atoms with E-state index in [0.29, 0.717) is 6.04 Å². The molecule has 1 unspecified atom stereocenters. The van der Waals surface area contributed by atoms with Crippen LogP contribution in [0, 0.1) is 6.92 Å². The minimum atomic E-state index is 0.301. The molecule has 0 saturated carbocycles. The van der Waals surface area contributed by atoms with E-state index in [1.807, 2.05) is 6.08 Å². The summed E-state index contributed by atoms with van der Waals surface area (Å²) in [7, 11) is 1.72. The largest absolute Gasteiger partial charge is 0.496 e. The first-order valence-electron chi connectivity index (χ1n) is 5.68. The van der Waals surface area contributed by atoms with E-state index < -0.39 is 0 Å². The highest BCUT2D eigenvalue weighted by Gasteiger charge is 2.10. The quantitative estimate of drug-likeness (QED) is 0.586. The second-order valence-electron chi connectivity index (χ2n) is 4.00. The lowest BCUT2D eigenvalue weighted by Crippen LogP contribution is -2.20. The van der Waals surface area contributed by atoms with Crippen molar-refractivity contribution in [1.29, 1.82) is 0 Å². The molecule has 0 saturated heterocycles. The minimum Gasteiger partial charge on any atom is -0.496 e. The van der Waals surface area contributed by atoms with Gasteiger partial charge < -0.3 is 10.1 Å². The molecule has 1 N–H and O–H groups in total. The molecule has 0 aliphatic carbocycles. The van der Waals surface area contributed by atoms with E-state index in [-0.39, 0.29) is 0 Å². The topological polar surface area (TPSA) is 21.3 Å². The molecule has 2 nitrogen and oxygen atoms in total. The minimum absolute atomic E-state index is 0.301. The summed E-state index contributed by atoms with van der Waals surface area (Å²) in [4.78, 5) is 0. The van der Waals surface area contributed by atoms with Gasteiger partial charge in [0.25, 0.3) is 0 Å². The molecule has 0 aromatic heterocycles. The van der Waals surface area contributed by atoms with Gasteiger partial charge in [-0.25, -0.2) is 0 Å². The molecule has 1 aromatic rings. The van der Waals surface area contributed by atoms with Crippen LogP contribution in [-0.2, 0) is 0 Å². The predicted octanol–water partition coefficient (Wildman–Crippen LogP) is 3.23. The van der Waals surface area contributed by atoms with E-state index in [1.165, 1.54) is 11.1 Å². The molecule has 0 spiro atoms. The van der Waals surface area contributed by atoms with Crippen LogP contribution in [0.1, 0.15) is 30.5 Å². The van der Waals surface area contributed by atoms with Crippen LogP contribution in [0.25, 0.3) is 0 Å². The monoisotopic (exact) mass is 219 g/mol. The smallest absolute Gasteiger partial charge is 0.123 e. The zero-order chi connectivity index (χ0) is 12.0. The summed E-state index contributed by atoms with van der Waals surface area (Å²) in [6, 6.07) is 6.61. The average molecular weight is 219 g/mol. The van der Waals surface area contributed by atoms with Crippen LogP contribution in [0.15, 0.2) is 30.9 Å². The molecule has 1 rings (SSSR count). The molecule has 1 aromatic carbocycles. The van der Waals surface area contributed by atoms with E-state index in [2.05, 4.69) is 43.9 Å². The second kappa shape index (κ2) is 6.33. The Bertz CT molecular complexity index is 347. The highest BCUT2D eigenvalue weighted by Crippen LogP contribution is 2.25. The first-order chi connectivity index (χ1) is 7.69. The Morgan fingerprint density at radius 3 is 2.88 bits per heavy atom. The Morgan fingerprint density at radius 2 is 2.25 bits per heavy atom. The van der Waals surface area contributed by atoms with E-state index in [0.717, 1.165) is 18.7 Å². The number of hydrogen-bond acceptors (Lipinski definition) is 2. The van der Waals surface area contributed by atoms with Crippen molar-refractivity contribution in [3.8, 4) is 5.75 Å². The molecular weight excluding hydrogens is 198 g/mol. The van der Waals surface area contributed by atoms with Crippen LogP contribution >= 0.6 is 0 Å². The third-order valence-corrected chi connectivity index (χ3v) is 2.65. The van der Waals surface area contributed by atoms with Crippen LogP contribution in [-0.4, -0.2) is 13.7 Å². The van der Waals surface area contributed by atoms with Crippen molar-refractivity contribution in [2.45, 2.75) is 26.3 Å². The molecule has 0 amide bonds. The number of ether oxygens (including phenoxy) is 1. The van der Waals surface area contributed by atoms with E-state index in [4.69, 9.17) is 4.74 Å². The van der Waals surface area contributed by atoms with Crippen molar-refractivity contribution in [3.63, 3.8) is 0 Å². The summed E-state index contributed by atoms with van der Waals surface area (Å²) in [6.45, 7) is 8.88. The lowest BCUT2D eigenvalue weighted by molar-refractivity contribution is 0.401.